The quantitative estimate of drug-likeness (QED) is 0.777. The third-order valence-electron chi connectivity index (χ3n) is 4.92. The summed E-state index contributed by atoms with van der Waals surface area (Å²) in [7, 11) is 1.52. The van der Waals surface area contributed by atoms with Gasteiger partial charge in [0.25, 0.3) is 0 Å². The van der Waals surface area contributed by atoms with Crippen molar-refractivity contribution in [3.63, 3.8) is 0 Å². The molecule has 4 N–H and O–H groups in total. The highest BCUT2D eigenvalue weighted by Gasteiger charge is 2.30. The molecule has 1 fully saturated rings. The fraction of sp³-hybridized carbons (Fsp3) is 0.765. The average molecular weight is 322 g/mol. The van der Waals surface area contributed by atoms with E-state index in [1.54, 1.807) is 0 Å². The number of carbonyl (C=O) groups excluding carboxylic acids is 1. The summed E-state index contributed by atoms with van der Waals surface area (Å²) < 4.78 is 4.89. The molecule has 1 saturated carbocycles. The van der Waals surface area contributed by atoms with Crippen LogP contribution in [-0.2, 0) is 9.53 Å². The normalized spacial score (nSPS) is 23.5. The number of hydrogen-bond donors (Lipinski definition) is 3. The van der Waals surface area contributed by atoms with E-state index in [2.05, 4.69) is 36.3 Å². The van der Waals surface area contributed by atoms with Crippen molar-refractivity contribution >= 4 is 11.7 Å². The number of carbonyl (C=O) groups is 1. The molecule has 6 heteroatoms. The molecule has 1 atom stereocenters. The van der Waals surface area contributed by atoms with Gasteiger partial charge in [-0.1, -0.05) is 20.8 Å². The van der Waals surface area contributed by atoms with Gasteiger partial charge >= 0.3 is 0 Å². The van der Waals surface area contributed by atoms with Crippen LogP contribution in [0.15, 0.2) is 6.07 Å². The number of aromatic nitrogens is 2. The first-order valence-electron chi connectivity index (χ1n) is 8.42. The van der Waals surface area contributed by atoms with E-state index in [0.29, 0.717) is 17.2 Å². The number of anilines is 1. The Morgan fingerprint density at radius 3 is 2.65 bits per heavy atom. The van der Waals surface area contributed by atoms with Crippen LogP contribution in [0.5, 0.6) is 0 Å². The van der Waals surface area contributed by atoms with Crippen molar-refractivity contribution in [1.82, 2.24) is 10.2 Å². The van der Waals surface area contributed by atoms with Gasteiger partial charge in [-0.2, -0.15) is 5.10 Å². The number of hydrogen-bond acceptors (Lipinski definition) is 4. The van der Waals surface area contributed by atoms with Gasteiger partial charge in [0.1, 0.15) is 6.04 Å². The standard InChI is InChI=1S/C17H30N4O2/c1-17(2,3)12-7-5-11(6-8-12)14-9-15(21-20-14)19-16(22)13(18)10-23-4/h9,11-13H,5-8,10,18H2,1-4H3,(H2,19,20,21,22). The summed E-state index contributed by atoms with van der Waals surface area (Å²) in [6, 6.07) is 1.25. The van der Waals surface area contributed by atoms with Crippen LogP contribution in [0.2, 0.25) is 0 Å². The monoisotopic (exact) mass is 322 g/mol. The van der Waals surface area contributed by atoms with Crippen LogP contribution < -0.4 is 11.1 Å². The minimum atomic E-state index is -0.678. The minimum Gasteiger partial charge on any atom is -0.383 e. The Hall–Kier alpha value is -1.40. The van der Waals surface area contributed by atoms with E-state index < -0.39 is 6.04 Å². The molecule has 2 rings (SSSR count). The first kappa shape index (κ1) is 17.9. The molecule has 130 valence electrons. The van der Waals surface area contributed by atoms with Crippen LogP contribution in [0, 0.1) is 11.3 Å². The van der Waals surface area contributed by atoms with Crippen molar-refractivity contribution < 1.29 is 9.53 Å². The van der Waals surface area contributed by atoms with Crippen LogP contribution in [0.1, 0.15) is 58.1 Å². The molecule has 0 saturated heterocycles. The van der Waals surface area contributed by atoms with Crippen molar-refractivity contribution in [2.24, 2.45) is 17.1 Å². The second-order valence-corrected chi connectivity index (χ2v) is 7.67. The molecule has 1 aromatic heterocycles. The summed E-state index contributed by atoms with van der Waals surface area (Å²) in [6.07, 6.45) is 4.82. The molecule has 1 unspecified atom stereocenters. The average Bonchev–Trinajstić information content (AvgIpc) is 2.95. The van der Waals surface area contributed by atoms with E-state index >= 15 is 0 Å². The summed E-state index contributed by atoms with van der Waals surface area (Å²) in [4.78, 5) is 11.9. The summed E-state index contributed by atoms with van der Waals surface area (Å²) in [5.41, 5.74) is 7.20. The highest BCUT2D eigenvalue weighted by molar-refractivity contribution is 5.94. The van der Waals surface area contributed by atoms with Gasteiger partial charge < -0.3 is 15.8 Å². The van der Waals surface area contributed by atoms with Crippen molar-refractivity contribution in [3.05, 3.63) is 11.8 Å². The van der Waals surface area contributed by atoms with Gasteiger partial charge in [-0.25, -0.2) is 0 Å². The largest absolute Gasteiger partial charge is 0.383 e. The number of amides is 1. The van der Waals surface area contributed by atoms with Crippen LogP contribution in [0.25, 0.3) is 0 Å². The van der Waals surface area contributed by atoms with E-state index in [-0.39, 0.29) is 12.5 Å². The van der Waals surface area contributed by atoms with Crippen LogP contribution in [-0.4, -0.2) is 35.9 Å². The molecule has 0 aromatic carbocycles. The number of aromatic amines is 1. The second kappa shape index (κ2) is 7.45. The van der Waals surface area contributed by atoms with E-state index in [1.165, 1.54) is 32.8 Å². The van der Waals surface area contributed by atoms with Crippen molar-refractivity contribution in [2.75, 3.05) is 19.0 Å². The van der Waals surface area contributed by atoms with Crippen LogP contribution in [0.3, 0.4) is 0 Å². The summed E-state index contributed by atoms with van der Waals surface area (Å²) in [6.45, 7) is 7.17. The molecule has 1 aliphatic carbocycles. The highest BCUT2D eigenvalue weighted by atomic mass is 16.5. The Balaban J connectivity index is 1.89. The Labute approximate surface area is 138 Å². The Morgan fingerprint density at radius 1 is 1.43 bits per heavy atom. The lowest BCUT2D eigenvalue weighted by molar-refractivity contribution is -0.118. The molecule has 0 spiro atoms. The number of H-pyrrole nitrogens is 1. The van der Waals surface area contributed by atoms with E-state index in [1.807, 2.05) is 6.07 Å². The zero-order valence-electron chi connectivity index (χ0n) is 14.7. The van der Waals surface area contributed by atoms with Gasteiger partial charge in [-0.15, -0.1) is 0 Å². The molecule has 1 aromatic rings. The maximum atomic E-state index is 11.9. The third kappa shape index (κ3) is 4.78. The van der Waals surface area contributed by atoms with Gasteiger partial charge in [-0.05, 0) is 37.0 Å². The number of nitrogens with zero attached hydrogens (tertiary/aromatic N) is 1. The fourth-order valence-electron chi connectivity index (χ4n) is 3.35. The first-order chi connectivity index (χ1) is 10.8. The Bertz CT molecular complexity index is 513. The lowest BCUT2D eigenvalue weighted by Crippen LogP contribution is -2.39. The number of nitrogens with one attached hydrogen (secondary N) is 2. The zero-order chi connectivity index (χ0) is 17.0. The topological polar surface area (TPSA) is 93.0 Å². The first-order valence-corrected chi connectivity index (χ1v) is 8.42. The van der Waals surface area contributed by atoms with Crippen LogP contribution in [0.4, 0.5) is 5.82 Å². The van der Waals surface area contributed by atoms with E-state index in [4.69, 9.17) is 10.5 Å². The maximum absolute atomic E-state index is 11.9. The number of nitrogens with two attached hydrogens (primary N) is 1. The lowest BCUT2D eigenvalue weighted by atomic mass is 9.69. The van der Waals surface area contributed by atoms with E-state index in [0.717, 1.165) is 11.6 Å². The van der Waals surface area contributed by atoms with Gasteiger partial charge in [0, 0.05) is 24.8 Å². The third-order valence-corrected chi connectivity index (χ3v) is 4.92. The predicted octanol–water partition coefficient (Wildman–Crippen LogP) is 2.64. The van der Waals surface area contributed by atoms with Gasteiger partial charge in [0.2, 0.25) is 5.91 Å². The molecule has 0 aliphatic heterocycles. The van der Waals surface area contributed by atoms with Gasteiger partial charge in [0.05, 0.1) is 6.61 Å². The molecule has 0 bridgehead atoms. The number of ether oxygens (including phenoxy) is 1. The molecular formula is C17H30N4O2. The molecule has 1 amide bonds. The van der Waals surface area contributed by atoms with Crippen molar-refractivity contribution in [3.8, 4) is 0 Å². The number of methoxy groups -OCH3 is 1. The van der Waals surface area contributed by atoms with Crippen molar-refractivity contribution in [1.29, 1.82) is 0 Å². The Kier molecular flexibility index (Phi) is 5.81. The highest BCUT2D eigenvalue weighted by Crippen LogP contribution is 2.42. The fourth-order valence-corrected chi connectivity index (χ4v) is 3.35. The van der Waals surface area contributed by atoms with Gasteiger partial charge in [0.15, 0.2) is 5.82 Å². The summed E-state index contributed by atoms with van der Waals surface area (Å²) >= 11 is 0. The van der Waals surface area contributed by atoms with Crippen molar-refractivity contribution in [2.45, 2.75) is 58.4 Å². The molecular weight excluding hydrogens is 292 g/mol. The summed E-state index contributed by atoms with van der Waals surface area (Å²) in [5.74, 6) is 1.54. The SMILES string of the molecule is COCC(N)C(=O)Nc1cc(C2CCC(C(C)(C)C)CC2)[nH]n1. The van der Waals surface area contributed by atoms with Gasteiger partial charge in [-0.3, -0.25) is 9.89 Å². The number of rotatable bonds is 5. The summed E-state index contributed by atoms with van der Waals surface area (Å²) in [5, 5.41) is 9.99. The molecule has 6 nitrogen and oxygen atoms in total. The molecule has 23 heavy (non-hydrogen) atoms. The molecule has 1 heterocycles. The maximum Gasteiger partial charge on any atom is 0.244 e. The lowest BCUT2D eigenvalue weighted by Gasteiger charge is -2.36. The second-order valence-electron chi connectivity index (χ2n) is 7.67. The smallest absolute Gasteiger partial charge is 0.244 e. The molecule has 0 radical (unpaired) electrons. The Morgan fingerprint density at radius 2 is 2.09 bits per heavy atom. The van der Waals surface area contributed by atoms with E-state index in [9.17, 15) is 4.79 Å². The minimum absolute atomic E-state index is 0.194. The predicted molar refractivity (Wildman–Crippen MR) is 91.2 cm³/mol. The zero-order valence-corrected chi connectivity index (χ0v) is 14.7. The van der Waals surface area contributed by atoms with Crippen LogP contribution >= 0.6 is 0 Å². The molecule has 1 aliphatic rings.